The van der Waals surface area contributed by atoms with Gasteiger partial charge in [-0.15, -0.1) is 0 Å². The van der Waals surface area contributed by atoms with E-state index >= 15 is 0 Å². The number of carbonyl (C=O) groups excluding carboxylic acids is 1. The SMILES string of the molecule is Cc1n[nH]c(C)c1C(=O)N1CCCC1c1ccccc1. The summed E-state index contributed by atoms with van der Waals surface area (Å²) in [5.74, 6) is 0.0973. The van der Waals surface area contributed by atoms with Crippen LogP contribution in [0.2, 0.25) is 0 Å². The van der Waals surface area contributed by atoms with Gasteiger partial charge in [0, 0.05) is 12.2 Å². The zero-order valence-electron chi connectivity index (χ0n) is 11.9. The molecule has 0 bridgehead atoms. The van der Waals surface area contributed by atoms with Crippen LogP contribution in [0, 0.1) is 13.8 Å². The minimum Gasteiger partial charge on any atom is -0.331 e. The molecular formula is C16H19N3O. The smallest absolute Gasteiger partial charge is 0.258 e. The molecule has 3 rings (SSSR count). The maximum absolute atomic E-state index is 12.8. The third-order valence-corrected chi connectivity index (χ3v) is 4.04. The van der Waals surface area contributed by atoms with Crippen LogP contribution in [0.25, 0.3) is 0 Å². The molecule has 4 nitrogen and oxygen atoms in total. The van der Waals surface area contributed by atoms with E-state index in [2.05, 4.69) is 22.3 Å². The second-order valence-corrected chi connectivity index (χ2v) is 5.38. The normalized spacial score (nSPS) is 18.5. The molecule has 2 heterocycles. The predicted molar refractivity (Wildman–Crippen MR) is 77.5 cm³/mol. The van der Waals surface area contributed by atoms with Crippen LogP contribution in [0.4, 0.5) is 0 Å². The van der Waals surface area contributed by atoms with E-state index in [1.54, 1.807) is 0 Å². The number of hydrogen-bond acceptors (Lipinski definition) is 2. The Morgan fingerprint density at radius 2 is 2.05 bits per heavy atom. The number of nitrogens with zero attached hydrogens (tertiary/aromatic N) is 2. The molecule has 1 amide bonds. The first-order valence-electron chi connectivity index (χ1n) is 7.06. The van der Waals surface area contributed by atoms with Gasteiger partial charge in [-0.2, -0.15) is 5.10 Å². The lowest BCUT2D eigenvalue weighted by Crippen LogP contribution is -2.31. The lowest BCUT2D eigenvalue weighted by atomic mass is 10.0. The van der Waals surface area contributed by atoms with Crippen LogP contribution in [0.15, 0.2) is 30.3 Å². The number of likely N-dealkylation sites (tertiary alicyclic amines) is 1. The van der Waals surface area contributed by atoms with Gasteiger partial charge in [-0.25, -0.2) is 0 Å². The first-order chi connectivity index (χ1) is 9.68. The van der Waals surface area contributed by atoms with E-state index in [0.717, 1.165) is 36.3 Å². The van der Waals surface area contributed by atoms with Crippen molar-refractivity contribution in [2.75, 3.05) is 6.54 Å². The molecule has 1 aromatic carbocycles. The molecule has 20 heavy (non-hydrogen) atoms. The summed E-state index contributed by atoms with van der Waals surface area (Å²) in [5.41, 5.74) is 3.59. The van der Waals surface area contributed by atoms with E-state index in [0.29, 0.717) is 0 Å². The average Bonchev–Trinajstić information content (AvgIpc) is 3.07. The summed E-state index contributed by atoms with van der Waals surface area (Å²) >= 11 is 0. The highest BCUT2D eigenvalue weighted by Gasteiger charge is 2.32. The van der Waals surface area contributed by atoms with Crippen molar-refractivity contribution < 1.29 is 4.79 Å². The predicted octanol–water partition coefficient (Wildman–Crippen LogP) is 3.00. The van der Waals surface area contributed by atoms with Gasteiger partial charge in [0.2, 0.25) is 0 Å². The Bertz CT molecular complexity index is 598. The number of carbonyl (C=O) groups is 1. The third kappa shape index (κ3) is 2.11. The standard InChI is InChI=1S/C16H19N3O/c1-11-15(12(2)18-17-11)16(20)19-10-6-9-14(19)13-7-4-3-5-8-13/h3-5,7-8,14H,6,9-10H2,1-2H3,(H,17,18). The van der Waals surface area contributed by atoms with Crippen molar-refractivity contribution in [3.05, 3.63) is 52.8 Å². The van der Waals surface area contributed by atoms with Crippen LogP contribution in [0.1, 0.15) is 46.2 Å². The van der Waals surface area contributed by atoms with Gasteiger partial charge in [-0.05, 0) is 32.3 Å². The summed E-state index contributed by atoms with van der Waals surface area (Å²) < 4.78 is 0. The number of benzene rings is 1. The summed E-state index contributed by atoms with van der Waals surface area (Å²) in [4.78, 5) is 14.8. The van der Waals surface area contributed by atoms with E-state index in [4.69, 9.17) is 0 Å². The molecule has 1 atom stereocenters. The zero-order valence-corrected chi connectivity index (χ0v) is 11.9. The highest BCUT2D eigenvalue weighted by atomic mass is 16.2. The Morgan fingerprint density at radius 1 is 1.30 bits per heavy atom. The van der Waals surface area contributed by atoms with E-state index in [1.165, 1.54) is 5.56 Å². The van der Waals surface area contributed by atoms with Crippen LogP contribution in [-0.4, -0.2) is 27.5 Å². The fraction of sp³-hybridized carbons (Fsp3) is 0.375. The Hall–Kier alpha value is -2.10. The molecule has 1 aliphatic rings. The number of hydrogen-bond donors (Lipinski definition) is 1. The molecule has 0 saturated carbocycles. The number of nitrogens with one attached hydrogen (secondary N) is 1. The Kier molecular flexibility index (Phi) is 3.30. The van der Waals surface area contributed by atoms with Crippen LogP contribution in [0.5, 0.6) is 0 Å². The third-order valence-electron chi connectivity index (χ3n) is 4.04. The summed E-state index contributed by atoms with van der Waals surface area (Å²) in [6.07, 6.45) is 2.09. The number of amides is 1. The highest BCUT2D eigenvalue weighted by molar-refractivity contribution is 5.96. The van der Waals surface area contributed by atoms with E-state index in [9.17, 15) is 4.79 Å². The van der Waals surface area contributed by atoms with Gasteiger partial charge >= 0.3 is 0 Å². The number of H-pyrrole nitrogens is 1. The van der Waals surface area contributed by atoms with Gasteiger partial charge in [0.1, 0.15) is 0 Å². The maximum atomic E-state index is 12.8. The summed E-state index contributed by atoms with van der Waals surface area (Å²) in [5, 5.41) is 7.03. The van der Waals surface area contributed by atoms with Gasteiger partial charge < -0.3 is 4.90 Å². The van der Waals surface area contributed by atoms with Crippen LogP contribution in [0.3, 0.4) is 0 Å². The fourth-order valence-corrected chi connectivity index (χ4v) is 3.04. The molecule has 104 valence electrons. The quantitative estimate of drug-likeness (QED) is 0.911. The summed E-state index contributed by atoms with van der Waals surface area (Å²) in [6, 6.07) is 10.5. The molecule has 2 aromatic rings. The lowest BCUT2D eigenvalue weighted by Gasteiger charge is -2.25. The number of aromatic amines is 1. The Labute approximate surface area is 118 Å². The van der Waals surface area contributed by atoms with Crippen LogP contribution >= 0.6 is 0 Å². The van der Waals surface area contributed by atoms with Gasteiger partial charge in [0.25, 0.3) is 5.91 Å². The van der Waals surface area contributed by atoms with Crippen molar-refractivity contribution >= 4 is 5.91 Å². The number of aryl methyl sites for hydroxylation is 2. The molecule has 1 unspecified atom stereocenters. The molecule has 1 N–H and O–H groups in total. The average molecular weight is 269 g/mol. The van der Waals surface area contributed by atoms with Gasteiger partial charge in [0.05, 0.1) is 17.3 Å². The molecule has 1 fully saturated rings. The van der Waals surface area contributed by atoms with Crippen LogP contribution < -0.4 is 0 Å². The molecule has 1 aromatic heterocycles. The molecule has 1 saturated heterocycles. The van der Waals surface area contributed by atoms with Crippen molar-refractivity contribution in [2.24, 2.45) is 0 Å². The van der Waals surface area contributed by atoms with Gasteiger partial charge in [-0.1, -0.05) is 30.3 Å². The first-order valence-corrected chi connectivity index (χ1v) is 7.06. The van der Waals surface area contributed by atoms with Crippen molar-refractivity contribution in [3.8, 4) is 0 Å². The van der Waals surface area contributed by atoms with E-state index < -0.39 is 0 Å². The maximum Gasteiger partial charge on any atom is 0.258 e. The summed E-state index contributed by atoms with van der Waals surface area (Å²) in [7, 11) is 0. The van der Waals surface area contributed by atoms with Crippen molar-refractivity contribution in [3.63, 3.8) is 0 Å². The highest BCUT2D eigenvalue weighted by Crippen LogP contribution is 2.33. The Balaban J connectivity index is 1.91. The fourth-order valence-electron chi connectivity index (χ4n) is 3.04. The van der Waals surface area contributed by atoms with E-state index in [1.807, 2.05) is 36.9 Å². The van der Waals surface area contributed by atoms with E-state index in [-0.39, 0.29) is 11.9 Å². The molecule has 4 heteroatoms. The van der Waals surface area contributed by atoms with Gasteiger partial charge in [0.15, 0.2) is 0 Å². The minimum absolute atomic E-state index is 0.0973. The summed E-state index contributed by atoms with van der Waals surface area (Å²) in [6.45, 7) is 4.60. The molecule has 0 radical (unpaired) electrons. The second kappa shape index (κ2) is 5.12. The second-order valence-electron chi connectivity index (χ2n) is 5.38. The Morgan fingerprint density at radius 3 is 2.70 bits per heavy atom. The zero-order chi connectivity index (χ0) is 14.1. The molecular weight excluding hydrogens is 250 g/mol. The number of rotatable bonds is 2. The molecule has 0 spiro atoms. The topological polar surface area (TPSA) is 49.0 Å². The van der Waals surface area contributed by atoms with Crippen molar-refractivity contribution in [1.29, 1.82) is 0 Å². The monoisotopic (exact) mass is 269 g/mol. The molecule has 0 aliphatic carbocycles. The number of aromatic nitrogens is 2. The van der Waals surface area contributed by atoms with Crippen molar-refractivity contribution in [1.82, 2.24) is 15.1 Å². The molecule has 1 aliphatic heterocycles. The first kappa shape index (κ1) is 12.9. The van der Waals surface area contributed by atoms with Gasteiger partial charge in [-0.3, -0.25) is 9.89 Å². The minimum atomic E-state index is 0.0973. The van der Waals surface area contributed by atoms with Crippen molar-refractivity contribution in [2.45, 2.75) is 32.7 Å². The largest absolute Gasteiger partial charge is 0.331 e. The van der Waals surface area contributed by atoms with Crippen LogP contribution in [-0.2, 0) is 0 Å². The lowest BCUT2D eigenvalue weighted by molar-refractivity contribution is 0.0734.